The first-order valence-electron chi connectivity index (χ1n) is 7.65. The molecule has 22 heavy (non-hydrogen) atoms. The normalized spacial score (nSPS) is 10.4. The second-order valence-corrected chi connectivity index (χ2v) is 6.01. The third-order valence-corrected chi connectivity index (χ3v) is 4.02. The fourth-order valence-electron chi connectivity index (χ4n) is 1.99. The number of nitrogens with one attached hydrogen (secondary N) is 1. The first-order chi connectivity index (χ1) is 10.8. The zero-order valence-corrected chi connectivity index (χ0v) is 13.7. The third-order valence-electron chi connectivity index (χ3n) is 3.15. The zero-order valence-electron chi connectivity index (χ0n) is 12.9. The van der Waals surface area contributed by atoms with E-state index in [1.54, 1.807) is 0 Å². The van der Waals surface area contributed by atoms with E-state index in [0.717, 1.165) is 42.3 Å². The Morgan fingerprint density at radius 2 is 2.09 bits per heavy atom. The molecular weight excluding hydrogens is 296 g/mol. The van der Waals surface area contributed by atoms with Crippen molar-refractivity contribution >= 4 is 17.2 Å². The van der Waals surface area contributed by atoms with Gasteiger partial charge in [0, 0.05) is 11.9 Å². The Kier molecular flexibility index (Phi) is 6.90. The maximum atomic E-state index is 11.8. The number of ether oxygens (including phenoxy) is 1. The van der Waals surface area contributed by atoms with Crippen LogP contribution in [0.2, 0.25) is 0 Å². The molecule has 0 aliphatic heterocycles. The molecule has 0 radical (unpaired) electrons. The number of carbonyl (C=O) groups excluding carboxylic acids is 1. The van der Waals surface area contributed by atoms with Gasteiger partial charge in [-0.3, -0.25) is 4.79 Å². The summed E-state index contributed by atoms with van der Waals surface area (Å²) >= 11 is 1.53. The van der Waals surface area contributed by atoms with Crippen LogP contribution in [-0.4, -0.2) is 17.4 Å². The molecule has 0 bridgehead atoms. The number of para-hydroxylation sites is 1. The standard InChI is InChI=1S/C17H22N2O2S/c1-2-3-7-10-18-16(20)11-14-13-22-17(19-14)12-21-15-8-5-4-6-9-15/h4-6,8-9,13H,2-3,7,10-12H2,1H3,(H,18,20). The van der Waals surface area contributed by atoms with E-state index < -0.39 is 0 Å². The van der Waals surface area contributed by atoms with Crippen LogP contribution in [0.5, 0.6) is 5.75 Å². The summed E-state index contributed by atoms with van der Waals surface area (Å²) in [6.07, 6.45) is 3.69. The molecule has 1 aromatic carbocycles. The monoisotopic (exact) mass is 318 g/mol. The van der Waals surface area contributed by atoms with E-state index in [9.17, 15) is 4.79 Å². The number of amides is 1. The first-order valence-corrected chi connectivity index (χ1v) is 8.53. The second kappa shape index (κ2) is 9.20. The largest absolute Gasteiger partial charge is 0.486 e. The Bertz CT molecular complexity index is 569. The molecule has 0 fully saturated rings. The predicted octanol–water partition coefficient (Wildman–Crippen LogP) is 3.57. The molecule has 0 unspecified atom stereocenters. The van der Waals surface area contributed by atoms with E-state index in [1.807, 2.05) is 35.7 Å². The maximum Gasteiger partial charge on any atom is 0.226 e. The van der Waals surface area contributed by atoms with Crippen molar-refractivity contribution in [3.63, 3.8) is 0 Å². The maximum absolute atomic E-state index is 11.8. The van der Waals surface area contributed by atoms with E-state index in [-0.39, 0.29) is 5.91 Å². The van der Waals surface area contributed by atoms with E-state index >= 15 is 0 Å². The van der Waals surface area contributed by atoms with Gasteiger partial charge in [0.05, 0.1) is 12.1 Å². The highest BCUT2D eigenvalue weighted by atomic mass is 32.1. The lowest BCUT2D eigenvalue weighted by Gasteiger charge is -2.03. The molecule has 118 valence electrons. The molecule has 5 heteroatoms. The van der Waals surface area contributed by atoms with Gasteiger partial charge in [0.1, 0.15) is 17.4 Å². The topological polar surface area (TPSA) is 51.2 Å². The molecular formula is C17H22N2O2S. The van der Waals surface area contributed by atoms with Gasteiger partial charge in [0.15, 0.2) is 0 Å². The minimum atomic E-state index is 0.0388. The Morgan fingerprint density at radius 3 is 2.86 bits per heavy atom. The Balaban J connectivity index is 1.73. The van der Waals surface area contributed by atoms with Crippen molar-refractivity contribution in [1.82, 2.24) is 10.3 Å². The van der Waals surface area contributed by atoms with Crippen molar-refractivity contribution in [3.05, 3.63) is 46.4 Å². The van der Waals surface area contributed by atoms with Crippen molar-refractivity contribution < 1.29 is 9.53 Å². The molecule has 2 aromatic rings. The molecule has 2 rings (SSSR count). The summed E-state index contributed by atoms with van der Waals surface area (Å²) in [6.45, 7) is 3.34. The molecule has 1 aromatic heterocycles. The van der Waals surface area contributed by atoms with Crippen LogP contribution >= 0.6 is 11.3 Å². The summed E-state index contributed by atoms with van der Waals surface area (Å²) in [4.78, 5) is 16.2. The van der Waals surface area contributed by atoms with Gasteiger partial charge in [-0.2, -0.15) is 0 Å². The molecule has 1 heterocycles. The highest BCUT2D eigenvalue weighted by Crippen LogP contribution is 2.15. The number of nitrogens with zero attached hydrogens (tertiary/aromatic N) is 1. The smallest absolute Gasteiger partial charge is 0.226 e. The highest BCUT2D eigenvalue weighted by Gasteiger charge is 2.08. The van der Waals surface area contributed by atoms with Crippen LogP contribution in [0.25, 0.3) is 0 Å². The molecule has 0 saturated heterocycles. The number of unbranched alkanes of at least 4 members (excludes halogenated alkanes) is 2. The lowest BCUT2D eigenvalue weighted by Crippen LogP contribution is -2.26. The number of carbonyl (C=O) groups is 1. The van der Waals surface area contributed by atoms with Crippen molar-refractivity contribution in [2.24, 2.45) is 0 Å². The average molecular weight is 318 g/mol. The van der Waals surface area contributed by atoms with Crippen molar-refractivity contribution in [3.8, 4) is 5.75 Å². The van der Waals surface area contributed by atoms with Gasteiger partial charge in [0.2, 0.25) is 5.91 Å². The summed E-state index contributed by atoms with van der Waals surface area (Å²) in [5.74, 6) is 0.866. The molecule has 1 N–H and O–H groups in total. The minimum absolute atomic E-state index is 0.0388. The SMILES string of the molecule is CCCCCNC(=O)Cc1csc(COc2ccccc2)n1. The van der Waals surface area contributed by atoms with Gasteiger partial charge in [-0.1, -0.05) is 38.0 Å². The van der Waals surface area contributed by atoms with E-state index in [1.165, 1.54) is 11.3 Å². The quantitative estimate of drug-likeness (QED) is 0.719. The highest BCUT2D eigenvalue weighted by molar-refractivity contribution is 7.09. The lowest BCUT2D eigenvalue weighted by molar-refractivity contribution is -0.120. The summed E-state index contributed by atoms with van der Waals surface area (Å²) in [7, 11) is 0. The Labute approximate surface area is 135 Å². The predicted molar refractivity (Wildman–Crippen MR) is 89.1 cm³/mol. The number of rotatable bonds is 9. The number of aromatic nitrogens is 1. The van der Waals surface area contributed by atoms with Gasteiger partial charge in [-0.05, 0) is 18.6 Å². The molecule has 0 saturated carbocycles. The Morgan fingerprint density at radius 1 is 1.27 bits per heavy atom. The number of hydrogen-bond donors (Lipinski definition) is 1. The minimum Gasteiger partial charge on any atom is -0.486 e. The van der Waals surface area contributed by atoms with Crippen LogP contribution < -0.4 is 10.1 Å². The van der Waals surface area contributed by atoms with Gasteiger partial charge in [-0.15, -0.1) is 11.3 Å². The Hall–Kier alpha value is -1.88. The fraction of sp³-hybridized carbons (Fsp3) is 0.412. The van der Waals surface area contributed by atoms with E-state index in [2.05, 4.69) is 17.2 Å². The molecule has 4 nitrogen and oxygen atoms in total. The van der Waals surface area contributed by atoms with Crippen molar-refractivity contribution in [1.29, 1.82) is 0 Å². The van der Waals surface area contributed by atoms with Gasteiger partial charge in [-0.25, -0.2) is 4.98 Å². The number of benzene rings is 1. The second-order valence-electron chi connectivity index (χ2n) is 5.07. The summed E-state index contributed by atoms with van der Waals surface area (Å²) in [6, 6.07) is 9.65. The van der Waals surface area contributed by atoms with E-state index in [0.29, 0.717) is 13.0 Å². The number of hydrogen-bond acceptors (Lipinski definition) is 4. The number of thiazole rings is 1. The summed E-state index contributed by atoms with van der Waals surface area (Å²) in [5, 5.41) is 5.74. The zero-order chi connectivity index (χ0) is 15.6. The van der Waals surface area contributed by atoms with Crippen LogP contribution in [0.4, 0.5) is 0 Å². The summed E-state index contributed by atoms with van der Waals surface area (Å²) in [5.41, 5.74) is 0.810. The molecule has 0 spiro atoms. The van der Waals surface area contributed by atoms with Crippen LogP contribution in [0.1, 0.15) is 36.9 Å². The van der Waals surface area contributed by atoms with Crippen LogP contribution in [0, 0.1) is 0 Å². The van der Waals surface area contributed by atoms with Crippen molar-refractivity contribution in [2.45, 2.75) is 39.2 Å². The van der Waals surface area contributed by atoms with Crippen LogP contribution in [0.3, 0.4) is 0 Å². The average Bonchev–Trinajstić information content (AvgIpc) is 2.98. The molecule has 0 atom stereocenters. The molecule has 1 amide bonds. The molecule has 0 aliphatic rings. The van der Waals surface area contributed by atoms with Gasteiger partial charge in [0.25, 0.3) is 0 Å². The third kappa shape index (κ3) is 5.85. The van der Waals surface area contributed by atoms with E-state index in [4.69, 9.17) is 4.74 Å². The van der Waals surface area contributed by atoms with Crippen LogP contribution in [-0.2, 0) is 17.8 Å². The summed E-state index contributed by atoms with van der Waals surface area (Å²) < 4.78 is 5.65. The molecule has 0 aliphatic carbocycles. The first kappa shape index (κ1) is 16.5. The van der Waals surface area contributed by atoms with Crippen molar-refractivity contribution in [2.75, 3.05) is 6.54 Å². The fourth-order valence-corrected chi connectivity index (χ4v) is 2.69. The van der Waals surface area contributed by atoms with Crippen LogP contribution in [0.15, 0.2) is 35.7 Å². The lowest BCUT2D eigenvalue weighted by atomic mass is 10.2. The van der Waals surface area contributed by atoms with Gasteiger partial charge >= 0.3 is 0 Å². The van der Waals surface area contributed by atoms with Gasteiger partial charge < -0.3 is 10.1 Å².